The van der Waals surface area contributed by atoms with Gasteiger partial charge in [-0.15, -0.1) is 0 Å². The van der Waals surface area contributed by atoms with Crippen molar-refractivity contribution in [3.63, 3.8) is 0 Å². The first-order valence-electron chi connectivity index (χ1n) is 5.18. The maximum atomic E-state index is 13.6. The summed E-state index contributed by atoms with van der Waals surface area (Å²) in [5.41, 5.74) is 1.04. The van der Waals surface area contributed by atoms with Crippen LogP contribution in [0.2, 0.25) is 0 Å². The number of nitrogens with one attached hydrogen (secondary N) is 1. The van der Waals surface area contributed by atoms with Crippen molar-refractivity contribution in [1.82, 2.24) is 4.98 Å². The van der Waals surface area contributed by atoms with Crippen LogP contribution in [-0.2, 0) is 0 Å². The highest BCUT2D eigenvalue weighted by Crippen LogP contribution is 2.39. The van der Waals surface area contributed by atoms with Gasteiger partial charge in [-0.2, -0.15) is 0 Å². The molecule has 0 spiro atoms. The lowest BCUT2D eigenvalue weighted by Gasteiger charge is -2.05. The lowest BCUT2D eigenvalue weighted by molar-refractivity contribution is 0.636. The summed E-state index contributed by atoms with van der Waals surface area (Å²) in [7, 11) is 0. The number of hydrogen-bond acceptors (Lipinski definition) is 1. The van der Waals surface area contributed by atoms with Crippen molar-refractivity contribution in [3.05, 3.63) is 44.4 Å². The summed E-state index contributed by atoms with van der Waals surface area (Å²) < 4.78 is 14.3. The van der Waals surface area contributed by atoms with Gasteiger partial charge in [0, 0.05) is 16.2 Å². The van der Waals surface area contributed by atoms with Crippen molar-refractivity contribution in [2.45, 2.75) is 18.8 Å². The van der Waals surface area contributed by atoms with E-state index in [1.54, 1.807) is 12.1 Å². The second kappa shape index (κ2) is 3.42. The maximum absolute atomic E-state index is 13.6. The van der Waals surface area contributed by atoms with Gasteiger partial charge in [0.15, 0.2) is 5.43 Å². The molecule has 0 radical (unpaired) electrons. The molecule has 1 aromatic heterocycles. The third-order valence-corrected chi connectivity index (χ3v) is 3.58. The van der Waals surface area contributed by atoms with Gasteiger partial charge in [-0.25, -0.2) is 4.39 Å². The summed E-state index contributed by atoms with van der Waals surface area (Å²) in [6.45, 7) is 0. The van der Waals surface area contributed by atoms with E-state index in [4.69, 9.17) is 0 Å². The highest BCUT2D eigenvalue weighted by molar-refractivity contribution is 9.10. The quantitative estimate of drug-likeness (QED) is 0.855. The Morgan fingerprint density at radius 1 is 1.38 bits per heavy atom. The molecule has 0 atom stereocenters. The predicted octanol–water partition coefficient (Wildman–Crippen LogP) is 3.31. The highest BCUT2D eigenvalue weighted by Gasteiger charge is 2.25. The van der Waals surface area contributed by atoms with Crippen molar-refractivity contribution < 1.29 is 4.39 Å². The van der Waals surface area contributed by atoms with E-state index in [-0.39, 0.29) is 11.2 Å². The fraction of sp³-hybridized carbons (Fsp3) is 0.250. The Kier molecular flexibility index (Phi) is 2.14. The summed E-state index contributed by atoms with van der Waals surface area (Å²) in [5.74, 6) is 0.0354. The van der Waals surface area contributed by atoms with E-state index in [2.05, 4.69) is 20.9 Å². The molecule has 1 heterocycles. The molecule has 1 N–H and O–H groups in total. The first-order valence-corrected chi connectivity index (χ1v) is 5.97. The molecule has 82 valence electrons. The van der Waals surface area contributed by atoms with Gasteiger partial charge in [0.05, 0.1) is 10.9 Å². The monoisotopic (exact) mass is 281 g/mol. The number of halogens is 2. The number of benzene rings is 1. The van der Waals surface area contributed by atoms with Gasteiger partial charge < -0.3 is 4.98 Å². The normalized spacial score (nSPS) is 15.6. The highest BCUT2D eigenvalue weighted by atomic mass is 79.9. The number of H-pyrrole nitrogens is 1. The van der Waals surface area contributed by atoms with E-state index in [1.165, 1.54) is 6.07 Å². The summed E-state index contributed by atoms with van der Waals surface area (Å²) >= 11 is 3.27. The Balaban J connectivity index is 2.41. The molecule has 2 nitrogen and oxygen atoms in total. The van der Waals surface area contributed by atoms with Crippen LogP contribution in [0.15, 0.2) is 27.5 Å². The Morgan fingerprint density at radius 2 is 2.12 bits per heavy atom. The van der Waals surface area contributed by atoms with Gasteiger partial charge in [-0.05, 0) is 46.8 Å². The predicted molar refractivity (Wildman–Crippen MR) is 64.2 cm³/mol. The summed E-state index contributed by atoms with van der Waals surface area (Å²) in [4.78, 5) is 14.9. The fourth-order valence-electron chi connectivity index (χ4n) is 1.92. The number of hydrogen-bond donors (Lipinski definition) is 1. The number of aromatic nitrogens is 1. The molecule has 3 rings (SSSR count). The van der Waals surface area contributed by atoms with Crippen LogP contribution in [0, 0.1) is 5.82 Å². The zero-order valence-corrected chi connectivity index (χ0v) is 9.97. The molecular weight excluding hydrogens is 273 g/mol. The van der Waals surface area contributed by atoms with E-state index in [0.29, 0.717) is 21.3 Å². The van der Waals surface area contributed by atoms with Crippen LogP contribution in [0.3, 0.4) is 0 Å². The molecule has 1 fully saturated rings. The Morgan fingerprint density at radius 3 is 2.81 bits per heavy atom. The average Bonchev–Trinajstić information content (AvgIpc) is 3.06. The minimum Gasteiger partial charge on any atom is -0.356 e. The third kappa shape index (κ3) is 1.48. The molecular formula is C12H9BrFNO. The van der Waals surface area contributed by atoms with Crippen LogP contribution < -0.4 is 5.43 Å². The molecule has 1 aliphatic rings. The van der Waals surface area contributed by atoms with Crippen LogP contribution in [0.5, 0.6) is 0 Å². The summed E-state index contributed by atoms with van der Waals surface area (Å²) in [6.07, 6.45) is 2.16. The zero-order chi connectivity index (χ0) is 11.3. The van der Waals surface area contributed by atoms with Crippen molar-refractivity contribution in [3.8, 4) is 0 Å². The van der Waals surface area contributed by atoms with Crippen LogP contribution in [-0.4, -0.2) is 4.98 Å². The first kappa shape index (κ1) is 10.0. The minimum atomic E-state index is -0.377. The van der Waals surface area contributed by atoms with Crippen molar-refractivity contribution in [2.75, 3.05) is 0 Å². The van der Waals surface area contributed by atoms with Crippen LogP contribution in [0.25, 0.3) is 10.9 Å². The fourth-order valence-corrected chi connectivity index (χ4v) is 2.45. The van der Waals surface area contributed by atoms with E-state index < -0.39 is 0 Å². The van der Waals surface area contributed by atoms with Gasteiger partial charge in [0.25, 0.3) is 0 Å². The number of pyridine rings is 1. The standard InChI is InChI=1S/C12H9BrFNO/c13-7-3-4-8(14)12-11(7)10(16)5-9(15-12)6-1-2-6/h3-6H,1-2H2,(H,15,16). The van der Waals surface area contributed by atoms with Crippen molar-refractivity contribution in [1.29, 1.82) is 0 Å². The Hall–Kier alpha value is -1.16. The zero-order valence-electron chi connectivity index (χ0n) is 8.39. The van der Waals surface area contributed by atoms with E-state index in [1.807, 2.05) is 0 Å². The molecule has 1 aliphatic carbocycles. The van der Waals surface area contributed by atoms with E-state index in [0.717, 1.165) is 18.5 Å². The lowest BCUT2D eigenvalue weighted by Crippen LogP contribution is -2.06. The molecule has 0 aliphatic heterocycles. The van der Waals surface area contributed by atoms with Crippen LogP contribution >= 0.6 is 15.9 Å². The van der Waals surface area contributed by atoms with Gasteiger partial charge >= 0.3 is 0 Å². The molecule has 16 heavy (non-hydrogen) atoms. The topological polar surface area (TPSA) is 32.9 Å². The van der Waals surface area contributed by atoms with Crippen LogP contribution in [0.4, 0.5) is 4.39 Å². The van der Waals surface area contributed by atoms with Gasteiger partial charge in [0.1, 0.15) is 5.82 Å². The summed E-state index contributed by atoms with van der Waals surface area (Å²) in [6, 6.07) is 4.51. The molecule has 0 saturated heterocycles. The molecule has 0 amide bonds. The smallest absolute Gasteiger partial charge is 0.190 e. The molecule has 0 unspecified atom stereocenters. The van der Waals surface area contributed by atoms with Gasteiger partial charge in [-0.3, -0.25) is 4.79 Å². The second-order valence-corrected chi connectivity index (χ2v) is 5.00. The molecule has 4 heteroatoms. The molecule has 1 saturated carbocycles. The minimum absolute atomic E-state index is 0.123. The first-order chi connectivity index (χ1) is 7.66. The van der Waals surface area contributed by atoms with Crippen LogP contribution in [0.1, 0.15) is 24.5 Å². The SMILES string of the molecule is O=c1cc(C2CC2)[nH]c2c(F)ccc(Br)c12. The largest absolute Gasteiger partial charge is 0.356 e. The Labute approximate surface area is 99.6 Å². The maximum Gasteiger partial charge on any atom is 0.190 e. The number of fused-ring (bicyclic) bond motifs is 1. The van der Waals surface area contributed by atoms with Gasteiger partial charge in [0.2, 0.25) is 0 Å². The molecule has 1 aromatic carbocycles. The second-order valence-electron chi connectivity index (χ2n) is 4.14. The van der Waals surface area contributed by atoms with Gasteiger partial charge in [-0.1, -0.05) is 0 Å². The number of aromatic amines is 1. The average molecular weight is 282 g/mol. The van der Waals surface area contributed by atoms with Crippen molar-refractivity contribution in [2.24, 2.45) is 0 Å². The molecule has 2 aromatic rings. The lowest BCUT2D eigenvalue weighted by atomic mass is 10.1. The van der Waals surface area contributed by atoms with E-state index >= 15 is 0 Å². The molecule has 0 bridgehead atoms. The summed E-state index contributed by atoms with van der Waals surface area (Å²) in [5, 5.41) is 0.393. The Bertz CT molecular complexity index is 631. The third-order valence-electron chi connectivity index (χ3n) is 2.92. The van der Waals surface area contributed by atoms with Crippen molar-refractivity contribution >= 4 is 26.8 Å². The van der Waals surface area contributed by atoms with E-state index in [9.17, 15) is 9.18 Å². The number of rotatable bonds is 1.